The van der Waals surface area contributed by atoms with E-state index in [9.17, 15) is 27.9 Å². The van der Waals surface area contributed by atoms with Gasteiger partial charge in [-0.2, -0.15) is 13.2 Å². The van der Waals surface area contributed by atoms with Crippen LogP contribution in [-0.4, -0.2) is 53.4 Å². The number of alkyl halides is 3. The van der Waals surface area contributed by atoms with Gasteiger partial charge in [-0.25, -0.2) is 0 Å². The Bertz CT molecular complexity index is 629. The maximum absolute atomic E-state index is 12.8. The Balaban J connectivity index is 2.36. The van der Waals surface area contributed by atoms with E-state index >= 15 is 0 Å². The first-order valence-corrected chi connectivity index (χ1v) is 7.06. The lowest BCUT2D eigenvalue weighted by molar-refractivity contribution is -0.139. The van der Waals surface area contributed by atoms with Crippen LogP contribution >= 0.6 is 0 Å². The molecule has 1 saturated heterocycles. The van der Waals surface area contributed by atoms with Crippen molar-refractivity contribution in [1.82, 2.24) is 9.80 Å². The van der Waals surface area contributed by atoms with Crippen molar-refractivity contribution in [3.05, 3.63) is 29.3 Å². The van der Waals surface area contributed by atoms with Crippen LogP contribution in [0.1, 0.15) is 28.8 Å². The van der Waals surface area contributed by atoms with Crippen LogP contribution in [0.4, 0.5) is 13.2 Å². The number of phenols is 1. The van der Waals surface area contributed by atoms with E-state index in [0.29, 0.717) is 18.9 Å². The Hall–Kier alpha value is -2.25. The molecule has 1 heterocycles. The zero-order valence-corrected chi connectivity index (χ0v) is 12.7. The number of carbonyl (C=O) groups is 2. The van der Waals surface area contributed by atoms with E-state index in [0.717, 1.165) is 12.1 Å². The molecule has 0 aliphatic carbocycles. The Kier molecular flexibility index (Phi) is 4.53. The van der Waals surface area contributed by atoms with Crippen molar-refractivity contribution < 1.29 is 27.9 Å². The molecule has 1 atom stereocenters. The summed E-state index contributed by atoms with van der Waals surface area (Å²) in [5, 5.41) is 9.83. The first-order valence-electron chi connectivity index (χ1n) is 7.06. The summed E-state index contributed by atoms with van der Waals surface area (Å²) in [6.07, 6.45) is -3.73. The molecule has 1 aromatic carbocycles. The number of benzene rings is 1. The third-order valence-corrected chi connectivity index (χ3v) is 3.81. The summed E-state index contributed by atoms with van der Waals surface area (Å²) in [4.78, 5) is 27.2. The number of rotatable bonds is 2. The maximum atomic E-state index is 12.8. The lowest BCUT2D eigenvalue weighted by Crippen LogP contribution is -2.45. The zero-order valence-electron chi connectivity index (χ0n) is 12.7. The zero-order chi connectivity index (χ0) is 17.4. The van der Waals surface area contributed by atoms with Crippen molar-refractivity contribution in [1.29, 1.82) is 0 Å². The second-order valence-corrected chi connectivity index (χ2v) is 5.59. The summed E-state index contributed by atoms with van der Waals surface area (Å²) < 4.78 is 38.5. The summed E-state index contributed by atoms with van der Waals surface area (Å²) in [7, 11) is 3.09. The highest BCUT2D eigenvalue weighted by atomic mass is 19.4. The van der Waals surface area contributed by atoms with Crippen LogP contribution in [0.3, 0.4) is 0 Å². The average Bonchev–Trinajstić information content (AvgIpc) is 2.93. The second kappa shape index (κ2) is 6.10. The normalized spacial score (nSPS) is 18.1. The molecule has 0 spiro atoms. The predicted octanol–water partition coefficient (Wildman–Crippen LogP) is 2.10. The van der Waals surface area contributed by atoms with Gasteiger partial charge in [0, 0.05) is 20.6 Å². The highest BCUT2D eigenvalue weighted by Gasteiger charge is 2.39. The molecule has 2 rings (SSSR count). The number of hydrogen-bond acceptors (Lipinski definition) is 3. The highest BCUT2D eigenvalue weighted by Crippen LogP contribution is 2.38. The summed E-state index contributed by atoms with van der Waals surface area (Å²) >= 11 is 0. The van der Waals surface area contributed by atoms with Gasteiger partial charge in [0.1, 0.15) is 11.8 Å². The van der Waals surface area contributed by atoms with Crippen molar-refractivity contribution in [2.75, 3.05) is 20.6 Å². The molecule has 1 aromatic rings. The predicted molar refractivity (Wildman–Crippen MR) is 75.9 cm³/mol. The molecule has 2 amide bonds. The molecule has 8 heteroatoms. The first-order chi connectivity index (χ1) is 10.6. The van der Waals surface area contributed by atoms with Crippen LogP contribution < -0.4 is 0 Å². The van der Waals surface area contributed by atoms with E-state index in [4.69, 9.17) is 0 Å². The fourth-order valence-electron chi connectivity index (χ4n) is 2.66. The van der Waals surface area contributed by atoms with Gasteiger partial charge < -0.3 is 14.9 Å². The molecule has 23 heavy (non-hydrogen) atoms. The van der Waals surface area contributed by atoms with Crippen molar-refractivity contribution in [2.45, 2.75) is 25.1 Å². The molecule has 0 radical (unpaired) electrons. The number of halogens is 3. The Morgan fingerprint density at radius 2 is 1.96 bits per heavy atom. The molecule has 1 N–H and O–H groups in total. The number of para-hydroxylation sites is 1. The number of phenolic OH excluding ortho intramolecular Hbond substituents is 1. The Morgan fingerprint density at radius 3 is 2.52 bits per heavy atom. The van der Waals surface area contributed by atoms with Gasteiger partial charge >= 0.3 is 6.18 Å². The van der Waals surface area contributed by atoms with Crippen molar-refractivity contribution >= 4 is 11.8 Å². The van der Waals surface area contributed by atoms with Crippen molar-refractivity contribution in [2.24, 2.45) is 0 Å². The van der Waals surface area contributed by atoms with Gasteiger partial charge in [-0.05, 0) is 25.0 Å². The monoisotopic (exact) mass is 330 g/mol. The molecule has 0 saturated carbocycles. The molecule has 0 unspecified atom stereocenters. The van der Waals surface area contributed by atoms with E-state index < -0.39 is 35.0 Å². The Labute approximate surface area is 131 Å². The fraction of sp³-hybridized carbons (Fsp3) is 0.467. The lowest BCUT2D eigenvalue weighted by Gasteiger charge is -2.26. The topological polar surface area (TPSA) is 60.9 Å². The molecular formula is C15H17F3N2O3. The number of amides is 2. The van der Waals surface area contributed by atoms with E-state index in [-0.39, 0.29) is 12.5 Å². The quantitative estimate of drug-likeness (QED) is 0.903. The summed E-state index contributed by atoms with van der Waals surface area (Å²) in [5.41, 5.74) is -1.71. The third-order valence-electron chi connectivity index (χ3n) is 3.81. The van der Waals surface area contributed by atoms with Gasteiger partial charge in [0.25, 0.3) is 5.91 Å². The largest absolute Gasteiger partial charge is 0.506 e. The number of carbonyl (C=O) groups excluding carboxylic acids is 2. The molecule has 1 aliphatic rings. The van der Waals surface area contributed by atoms with Gasteiger partial charge in [0.2, 0.25) is 5.91 Å². The van der Waals surface area contributed by atoms with Crippen molar-refractivity contribution in [3.8, 4) is 5.75 Å². The number of hydrogen-bond donors (Lipinski definition) is 1. The van der Waals surface area contributed by atoms with E-state index in [1.807, 2.05) is 0 Å². The maximum Gasteiger partial charge on any atom is 0.419 e. The number of aromatic hydroxyl groups is 1. The van der Waals surface area contributed by atoms with Crippen LogP contribution in [0.25, 0.3) is 0 Å². The second-order valence-electron chi connectivity index (χ2n) is 5.59. The van der Waals surface area contributed by atoms with Gasteiger partial charge in [-0.3, -0.25) is 9.59 Å². The SMILES string of the molecule is CN(C)C(=O)[C@H]1CCCN1C(=O)c1cccc(C(F)(F)F)c1O. The lowest BCUT2D eigenvalue weighted by atomic mass is 10.1. The third kappa shape index (κ3) is 3.25. The van der Waals surface area contributed by atoms with Crippen LogP contribution in [0.15, 0.2) is 18.2 Å². The van der Waals surface area contributed by atoms with Gasteiger partial charge in [-0.15, -0.1) is 0 Å². The van der Waals surface area contributed by atoms with Gasteiger partial charge in [0.15, 0.2) is 0 Å². The molecule has 1 fully saturated rings. The minimum absolute atomic E-state index is 0.263. The summed E-state index contributed by atoms with van der Waals surface area (Å²) in [6, 6.07) is 2.18. The van der Waals surface area contributed by atoms with E-state index in [2.05, 4.69) is 0 Å². The van der Waals surface area contributed by atoms with E-state index in [1.165, 1.54) is 9.80 Å². The standard InChI is InChI=1S/C15H17F3N2O3/c1-19(2)14(23)11-7-4-8-20(11)13(22)9-5-3-6-10(12(9)21)15(16,17)18/h3,5-6,11,21H,4,7-8H2,1-2H3/t11-/m1/s1. The first kappa shape index (κ1) is 17.1. The smallest absolute Gasteiger partial charge is 0.419 e. The number of likely N-dealkylation sites (N-methyl/N-ethyl adjacent to an activating group) is 1. The molecule has 1 aliphatic heterocycles. The minimum Gasteiger partial charge on any atom is -0.506 e. The van der Waals surface area contributed by atoms with Gasteiger partial charge in [-0.1, -0.05) is 6.07 Å². The summed E-state index contributed by atoms with van der Waals surface area (Å²) in [6.45, 7) is 0.263. The summed E-state index contributed by atoms with van der Waals surface area (Å²) in [5.74, 6) is -2.17. The molecular weight excluding hydrogens is 313 g/mol. The minimum atomic E-state index is -4.76. The average molecular weight is 330 g/mol. The highest BCUT2D eigenvalue weighted by molar-refractivity contribution is 6.00. The van der Waals surface area contributed by atoms with Crippen LogP contribution in [0, 0.1) is 0 Å². The van der Waals surface area contributed by atoms with Crippen LogP contribution in [0.2, 0.25) is 0 Å². The fourth-order valence-corrected chi connectivity index (χ4v) is 2.66. The number of nitrogens with zero attached hydrogens (tertiary/aromatic N) is 2. The van der Waals surface area contributed by atoms with Crippen LogP contribution in [0.5, 0.6) is 5.75 Å². The molecule has 126 valence electrons. The van der Waals surface area contributed by atoms with E-state index in [1.54, 1.807) is 14.1 Å². The Morgan fingerprint density at radius 1 is 1.30 bits per heavy atom. The molecule has 0 aromatic heterocycles. The molecule has 0 bridgehead atoms. The number of likely N-dealkylation sites (tertiary alicyclic amines) is 1. The van der Waals surface area contributed by atoms with Crippen molar-refractivity contribution in [3.63, 3.8) is 0 Å². The van der Waals surface area contributed by atoms with Gasteiger partial charge in [0.05, 0.1) is 11.1 Å². The van der Waals surface area contributed by atoms with Crippen LogP contribution in [-0.2, 0) is 11.0 Å². The molecule has 5 nitrogen and oxygen atoms in total.